The van der Waals surface area contributed by atoms with E-state index in [0.29, 0.717) is 23.5 Å². The molecule has 0 amide bonds. The van der Waals surface area contributed by atoms with Gasteiger partial charge < -0.3 is 9.47 Å². The van der Waals surface area contributed by atoms with E-state index in [1.807, 2.05) is 6.92 Å². The number of ether oxygens (including phenoxy) is 2. The predicted molar refractivity (Wildman–Crippen MR) is 47.2 cm³/mol. The van der Waals surface area contributed by atoms with Gasteiger partial charge in [-0.2, -0.15) is 0 Å². The highest BCUT2D eigenvalue weighted by molar-refractivity contribution is 5.99. The van der Waals surface area contributed by atoms with E-state index >= 15 is 0 Å². The SMILES string of the molecule is CCC(=O)c1cccc2c1OCO2. The first-order chi connectivity index (χ1) is 6.33. The summed E-state index contributed by atoms with van der Waals surface area (Å²) in [6.07, 6.45) is 0.486. The third-order valence-corrected chi connectivity index (χ3v) is 2.02. The third-order valence-electron chi connectivity index (χ3n) is 2.02. The van der Waals surface area contributed by atoms with Crippen LogP contribution in [-0.4, -0.2) is 12.6 Å². The van der Waals surface area contributed by atoms with Gasteiger partial charge in [-0.15, -0.1) is 0 Å². The minimum absolute atomic E-state index is 0.0855. The van der Waals surface area contributed by atoms with Crippen molar-refractivity contribution >= 4 is 5.78 Å². The fourth-order valence-corrected chi connectivity index (χ4v) is 1.34. The number of hydrogen-bond donors (Lipinski definition) is 0. The molecule has 1 aromatic rings. The van der Waals surface area contributed by atoms with Gasteiger partial charge in [0.2, 0.25) is 6.79 Å². The van der Waals surface area contributed by atoms with Gasteiger partial charge in [0.1, 0.15) is 0 Å². The first kappa shape index (κ1) is 8.10. The van der Waals surface area contributed by atoms with Gasteiger partial charge >= 0.3 is 0 Å². The molecule has 2 rings (SSSR count). The highest BCUT2D eigenvalue weighted by Crippen LogP contribution is 2.35. The lowest BCUT2D eigenvalue weighted by Gasteiger charge is -2.01. The zero-order chi connectivity index (χ0) is 9.26. The normalized spacial score (nSPS) is 13.0. The van der Waals surface area contributed by atoms with Crippen LogP contribution in [-0.2, 0) is 0 Å². The van der Waals surface area contributed by atoms with Crippen LogP contribution in [0.1, 0.15) is 23.7 Å². The summed E-state index contributed by atoms with van der Waals surface area (Å²) in [5, 5.41) is 0. The van der Waals surface area contributed by atoms with Crippen molar-refractivity contribution in [1.29, 1.82) is 0 Å². The average Bonchev–Trinajstić information content (AvgIpc) is 2.63. The van der Waals surface area contributed by atoms with Crippen molar-refractivity contribution in [2.45, 2.75) is 13.3 Å². The molecule has 1 aliphatic heterocycles. The molecule has 0 N–H and O–H groups in total. The van der Waals surface area contributed by atoms with Crippen molar-refractivity contribution in [2.24, 2.45) is 0 Å². The van der Waals surface area contributed by atoms with Crippen LogP contribution in [0, 0.1) is 0 Å². The van der Waals surface area contributed by atoms with Crippen molar-refractivity contribution < 1.29 is 14.3 Å². The first-order valence-corrected chi connectivity index (χ1v) is 4.24. The molecule has 1 aliphatic rings. The van der Waals surface area contributed by atoms with Crippen LogP contribution in [0.3, 0.4) is 0 Å². The molecule has 0 atom stereocenters. The Hall–Kier alpha value is -1.51. The summed E-state index contributed by atoms with van der Waals surface area (Å²) in [7, 11) is 0. The molecule has 0 radical (unpaired) electrons. The maximum atomic E-state index is 11.4. The van der Waals surface area contributed by atoms with E-state index in [0.717, 1.165) is 0 Å². The number of para-hydroxylation sites is 1. The summed E-state index contributed by atoms with van der Waals surface area (Å²) >= 11 is 0. The number of fused-ring (bicyclic) bond motifs is 1. The number of carbonyl (C=O) groups excluding carboxylic acids is 1. The summed E-state index contributed by atoms with van der Waals surface area (Å²) in [5.74, 6) is 1.34. The van der Waals surface area contributed by atoms with Gasteiger partial charge in [0.25, 0.3) is 0 Å². The Bertz CT molecular complexity index is 344. The highest BCUT2D eigenvalue weighted by Gasteiger charge is 2.20. The molecule has 1 aromatic carbocycles. The predicted octanol–water partition coefficient (Wildman–Crippen LogP) is 2.01. The second-order valence-corrected chi connectivity index (χ2v) is 2.82. The minimum atomic E-state index is 0.0855. The van der Waals surface area contributed by atoms with Crippen molar-refractivity contribution in [3.8, 4) is 11.5 Å². The number of Topliss-reactive ketones (excluding diaryl/α,β-unsaturated/α-hetero) is 1. The van der Waals surface area contributed by atoms with Crippen LogP contribution in [0.4, 0.5) is 0 Å². The van der Waals surface area contributed by atoms with E-state index in [-0.39, 0.29) is 12.6 Å². The van der Waals surface area contributed by atoms with Gasteiger partial charge in [-0.1, -0.05) is 13.0 Å². The molecule has 0 saturated carbocycles. The van der Waals surface area contributed by atoms with Crippen molar-refractivity contribution in [3.05, 3.63) is 23.8 Å². The molecular weight excluding hydrogens is 168 g/mol. The van der Waals surface area contributed by atoms with E-state index in [9.17, 15) is 4.79 Å². The maximum Gasteiger partial charge on any atom is 0.231 e. The third kappa shape index (κ3) is 1.26. The molecule has 0 unspecified atom stereocenters. The Labute approximate surface area is 76.3 Å². The summed E-state index contributed by atoms with van der Waals surface area (Å²) in [4.78, 5) is 11.4. The van der Waals surface area contributed by atoms with Crippen molar-refractivity contribution in [1.82, 2.24) is 0 Å². The molecule has 1 heterocycles. The van der Waals surface area contributed by atoms with Gasteiger partial charge in [-0.3, -0.25) is 4.79 Å². The molecule has 0 spiro atoms. The van der Waals surface area contributed by atoms with Crippen molar-refractivity contribution in [2.75, 3.05) is 6.79 Å². The van der Waals surface area contributed by atoms with E-state index in [1.54, 1.807) is 18.2 Å². The topological polar surface area (TPSA) is 35.5 Å². The van der Waals surface area contributed by atoms with E-state index < -0.39 is 0 Å². The zero-order valence-electron chi connectivity index (χ0n) is 7.37. The Morgan fingerprint density at radius 1 is 1.46 bits per heavy atom. The summed E-state index contributed by atoms with van der Waals surface area (Å²) < 4.78 is 10.4. The van der Waals surface area contributed by atoms with Gasteiger partial charge in [0.15, 0.2) is 17.3 Å². The van der Waals surface area contributed by atoms with Gasteiger partial charge in [-0.05, 0) is 12.1 Å². The molecule has 0 fully saturated rings. The highest BCUT2D eigenvalue weighted by atomic mass is 16.7. The van der Waals surface area contributed by atoms with E-state index in [4.69, 9.17) is 9.47 Å². The number of ketones is 1. The maximum absolute atomic E-state index is 11.4. The quantitative estimate of drug-likeness (QED) is 0.650. The number of carbonyl (C=O) groups is 1. The molecule has 0 aliphatic carbocycles. The fourth-order valence-electron chi connectivity index (χ4n) is 1.34. The Kier molecular flexibility index (Phi) is 1.93. The molecule has 0 aromatic heterocycles. The molecular formula is C10H10O3. The summed E-state index contributed by atoms with van der Waals surface area (Å²) in [6.45, 7) is 2.04. The lowest BCUT2D eigenvalue weighted by Crippen LogP contribution is -1.99. The molecule has 0 saturated heterocycles. The minimum Gasteiger partial charge on any atom is -0.454 e. The van der Waals surface area contributed by atoms with Crippen LogP contribution in [0.2, 0.25) is 0 Å². The van der Waals surface area contributed by atoms with Gasteiger partial charge in [0, 0.05) is 6.42 Å². The lowest BCUT2D eigenvalue weighted by atomic mass is 10.1. The molecule has 3 heteroatoms. The smallest absolute Gasteiger partial charge is 0.231 e. The molecule has 3 nitrogen and oxygen atoms in total. The molecule has 13 heavy (non-hydrogen) atoms. The Morgan fingerprint density at radius 3 is 3.08 bits per heavy atom. The lowest BCUT2D eigenvalue weighted by molar-refractivity contribution is 0.0983. The number of hydrogen-bond acceptors (Lipinski definition) is 3. The molecule has 68 valence electrons. The summed E-state index contributed by atoms with van der Waals surface area (Å²) in [5.41, 5.74) is 0.623. The average molecular weight is 178 g/mol. The van der Waals surface area contributed by atoms with Crippen LogP contribution in [0.5, 0.6) is 11.5 Å². The number of benzene rings is 1. The molecule has 0 bridgehead atoms. The van der Waals surface area contributed by atoms with Crippen LogP contribution in [0.25, 0.3) is 0 Å². The van der Waals surface area contributed by atoms with Crippen LogP contribution < -0.4 is 9.47 Å². The second-order valence-electron chi connectivity index (χ2n) is 2.82. The van der Waals surface area contributed by atoms with Gasteiger partial charge in [-0.25, -0.2) is 0 Å². The van der Waals surface area contributed by atoms with Crippen molar-refractivity contribution in [3.63, 3.8) is 0 Å². The van der Waals surface area contributed by atoms with Crippen LogP contribution in [0.15, 0.2) is 18.2 Å². The standard InChI is InChI=1S/C10H10O3/c1-2-8(11)7-4-3-5-9-10(7)13-6-12-9/h3-5H,2,6H2,1H3. The summed E-state index contributed by atoms with van der Waals surface area (Å²) in [6, 6.07) is 5.37. The fraction of sp³-hybridized carbons (Fsp3) is 0.300. The zero-order valence-corrected chi connectivity index (χ0v) is 7.37. The second kappa shape index (κ2) is 3.09. The largest absolute Gasteiger partial charge is 0.454 e. The van der Waals surface area contributed by atoms with E-state index in [2.05, 4.69) is 0 Å². The van der Waals surface area contributed by atoms with Crippen LogP contribution >= 0.6 is 0 Å². The van der Waals surface area contributed by atoms with Gasteiger partial charge in [0.05, 0.1) is 5.56 Å². The Morgan fingerprint density at radius 2 is 2.31 bits per heavy atom. The first-order valence-electron chi connectivity index (χ1n) is 4.24. The van der Waals surface area contributed by atoms with E-state index in [1.165, 1.54) is 0 Å². The monoisotopic (exact) mass is 178 g/mol. The Balaban J connectivity index is 2.47. The number of rotatable bonds is 2.